The molecule has 3 aliphatic carbocycles. The van der Waals surface area contributed by atoms with Crippen LogP contribution in [0.5, 0.6) is 0 Å². The third-order valence-electron chi connectivity index (χ3n) is 5.40. The Bertz CT molecular complexity index is 1270. The van der Waals surface area contributed by atoms with Gasteiger partial charge < -0.3 is 0 Å². The van der Waals surface area contributed by atoms with E-state index < -0.39 is 7.81 Å². The van der Waals surface area contributed by atoms with Crippen molar-refractivity contribution < 1.29 is 44.7 Å². The van der Waals surface area contributed by atoms with E-state index in [-0.39, 0.29) is 19.5 Å². The molecule has 244 valence electrons. The van der Waals surface area contributed by atoms with Crippen molar-refractivity contribution in [3.63, 3.8) is 0 Å². The van der Waals surface area contributed by atoms with Crippen molar-refractivity contribution in [3.8, 4) is 22.8 Å². The second kappa shape index (κ2) is 18.9. The van der Waals surface area contributed by atoms with Gasteiger partial charge in [-0.2, -0.15) is 0 Å². The number of allylic oxidation sites excluding steroid dienone is 4. The molecule has 4 nitrogen and oxygen atoms in total. The summed E-state index contributed by atoms with van der Waals surface area (Å²) in [5.74, 6) is 2.62. The van der Waals surface area contributed by atoms with E-state index in [0.29, 0.717) is 0 Å². The molecule has 0 atom stereocenters. The maximum atomic E-state index is 9.87. The van der Waals surface area contributed by atoms with E-state index in [2.05, 4.69) is 69.9 Å². The summed E-state index contributed by atoms with van der Waals surface area (Å²) in [5.41, 5.74) is 3.66. The third-order valence-corrected chi connectivity index (χ3v) is 5.40. The maximum absolute atomic E-state index is 10.7. The second-order valence-electron chi connectivity index (χ2n) is 9.13. The van der Waals surface area contributed by atoms with Crippen LogP contribution in [-0.2, 0) is 19.5 Å². The fourth-order valence-electron chi connectivity index (χ4n) is 3.51. The number of hydrogen-bond acceptors (Lipinski definition) is 4. The number of pyridine rings is 4. The average Bonchev–Trinajstić information content (AvgIpc) is 3.67. The zero-order valence-corrected chi connectivity index (χ0v) is 27.2. The smallest absolute Gasteiger partial charge is 0.255 e. The van der Waals surface area contributed by atoms with Crippen LogP contribution in [0.4, 0.5) is 25.2 Å². The predicted molar refractivity (Wildman–Crippen MR) is 172 cm³/mol. The zero-order chi connectivity index (χ0) is 33.2. The Morgan fingerprint density at radius 1 is 0.383 bits per heavy atom. The van der Waals surface area contributed by atoms with Gasteiger partial charge >= 0.3 is 52.5 Å². The van der Waals surface area contributed by atoms with Gasteiger partial charge in [-0.1, -0.05) is 48.6 Å². The van der Waals surface area contributed by atoms with E-state index in [1.165, 1.54) is 11.8 Å². The largest absolute Gasteiger partial charge is 1.00 e. The molecule has 2 fully saturated rings. The summed E-state index contributed by atoms with van der Waals surface area (Å²) in [6.45, 7) is 0. The molecule has 0 aliphatic heterocycles. The predicted octanol–water partition coefficient (Wildman–Crippen LogP) is 10.8. The summed E-state index contributed by atoms with van der Waals surface area (Å²) in [7, 11) is -10.7. The Morgan fingerprint density at radius 2 is 0.638 bits per heavy atom. The topological polar surface area (TPSA) is 51.6 Å². The van der Waals surface area contributed by atoms with Crippen molar-refractivity contribution in [1.29, 1.82) is 0 Å². The monoisotopic (exact) mass is 752 g/mol. The van der Waals surface area contributed by atoms with Gasteiger partial charge in [0.05, 0.1) is 22.8 Å². The van der Waals surface area contributed by atoms with Gasteiger partial charge in [-0.05, 0) is 106 Å². The van der Waals surface area contributed by atoms with E-state index in [9.17, 15) is 25.2 Å². The quantitative estimate of drug-likeness (QED) is 0.116. The third kappa shape index (κ3) is 19.9. The molecular weight excluding hydrogens is 722 g/mol. The minimum atomic E-state index is -10.7. The molecular formula is C35H29F6N4PRu. The summed E-state index contributed by atoms with van der Waals surface area (Å²) >= 11 is 0. The molecule has 0 N–H and O–H groups in total. The Kier molecular flexibility index (Phi) is 16.0. The normalized spacial score (nSPS) is 16.6. The van der Waals surface area contributed by atoms with E-state index in [1.807, 2.05) is 105 Å². The van der Waals surface area contributed by atoms with Gasteiger partial charge in [0.2, 0.25) is 0 Å². The van der Waals surface area contributed by atoms with Gasteiger partial charge in [-0.15, -0.1) is 0 Å². The zero-order valence-electron chi connectivity index (χ0n) is 24.6. The van der Waals surface area contributed by atoms with Crippen LogP contribution in [0.2, 0.25) is 0 Å². The SMILES string of the molecule is F[P-](F)(F)(F)(F)F.[CH]1[CH][CH][CH][CH]1.[CH]1[CH][CH][C]2C=CC=C[C]2[CH]1.[Ru+].c1ccc(-c2ccccn2)nc1.c1ccc(-c2ccccn2)nc1. The second-order valence-corrected chi connectivity index (χ2v) is 11.0. The summed E-state index contributed by atoms with van der Waals surface area (Å²) in [5, 5.41) is 0. The fraction of sp³-hybridized carbons (Fsp3) is 0. The number of aromatic nitrogens is 4. The average molecular weight is 752 g/mol. The number of rotatable bonds is 2. The van der Waals surface area contributed by atoms with E-state index in [1.54, 1.807) is 24.8 Å². The molecule has 7 rings (SSSR count). The molecule has 12 heteroatoms. The van der Waals surface area contributed by atoms with Crippen LogP contribution >= 0.6 is 7.81 Å². The Balaban J connectivity index is 0.000000209. The number of halogens is 6. The molecule has 2 saturated carbocycles. The van der Waals surface area contributed by atoms with Crippen molar-refractivity contribution in [2.45, 2.75) is 0 Å². The molecule has 4 aromatic rings. The molecule has 0 saturated heterocycles. The molecule has 0 spiro atoms. The van der Waals surface area contributed by atoms with Crippen molar-refractivity contribution in [2.75, 3.05) is 0 Å². The summed E-state index contributed by atoms with van der Waals surface area (Å²) < 4.78 is 59.2. The van der Waals surface area contributed by atoms with Crippen LogP contribution in [0.1, 0.15) is 0 Å². The minimum Gasteiger partial charge on any atom is -0.255 e. The van der Waals surface area contributed by atoms with Gasteiger partial charge in [0.15, 0.2) is 0 Å². The molecule has 4 heterocycles. The maximum Gasteiger partial charge on any atom is 1.00 e. The Hall–Kier alpha value is -3.29. The van der Waals surface area contributed by atoms with Gasteiger partial charge in [-0.25, -0.2) is 0 Å². The standard InChI is InChI=1S/2C10H8N2.C10H8.C5H5.F6P.Ru/c2*1-3-7-11-9(5-1)10-6-2-4-8-12-10;1-2-6-10-8-4-3-7-9(10)5-1;1-2-4-5-3-1;1-7(2,3,4,5)6;/h2*1-8H;1-8H;1-5H;;/q;;;;-1;+1. The molecule has 3 aliphatic rings. The van der Waals surface area contributed by atoms with Gasteiger partial charge in [0.25, 0.3) is 0 Å². The Morgan fingerprint density at radius 3 is 0.851 bits per heavy atom. The van der Waals surface area contributed by atoms with Crippen molar-refractivity contribution >= 4 is 7.81 Å². The summed E-state index contributed by atoms with van der Waals surface area (Å²) in [6.07, 6.45) is 33.8. The van der Waals surface area contributed by atoms with Crippen LogP contribution in [0.25, 0.3) is 22.8 Å². The molecule has 0 unspecified atom stereocenters. The minimum absolute atomic E-state index is 0. The van der Waals surface area contributed by atoms with Crippen LogP contribution in [-0.4, -0.2) is 19.9 Å². The van der Waals surface area contributed by atoms with Gasteiger partial charge in [-0.3, -0.25) is 19.9 Å². The molecule has 0 bridgehead atoms. The first kappa shape index (κ1) is 39.9. The summed E-state index contributed by atoms with van der Waals surface area (Å²) in [4.78, 5) is 16.7. The van der Waals surface area contributed by atoms with E-state index in [4.69, 9.17) is 0 Å². The molecule has 0 aromatic carbocycles. The number of nitrogens with zero attached hydrogens (tertiary/aromatic N) is 4. The Labute approximate surface area is 285 Å². The van der Waals surface area contributed by atoms with Gasteiger partial charge in [0.1, 0.15) is 0 Å². The first-order valence-corrected chi connectivity index (χ1v) is 15.7. The first-order chi connectivity index (χ1) is 21.8. The van der Waals surface area contributed by atoms with Crippen LogP contribution in [0.3, 0.4) is 0 Å². The summed E-state index contributed by atoms with van der Waals surface area (Å²) in [6, 6.07) is 23.2. The fourth-order valence-corrected chi connectivity index (χ4v) is 3.51. The van der Waals surface area contributed by atoms with Crippen molar-refractivity contribution in [1.82, 2.24) is 19.9 Å². The number of fused-ring (bicyclic) bond motifs is 1. The van der Waals surface area contributed by atoms with Crippen LogP contribution < -0.4 is 0 Å². The van der Waals surface area contributed by atoms with Gasteiger partial charge in [0, 0.05) is 36.6 Å². The number of hydrogen-bond donors (Lipinski definition) is 0. The first-order valence-electron chi connectivity index (χ1n) is 13.7. The van der Waals surface area contributed by atoms with Crippen LogP contribution in [0.15, 0.2) is 122 Å². The molecule has 47 heavy (non-hydrogen) atoms. The molecule has 0 amide bonds. The van der Waals surface area contributed by atoms with Crippen LogP contribution in [0, 0.1) is 69.6 Å². The van der Waals surface area contributed by atoms with E-state index in [0.717, 1.165) is 22.8 Å². The van der Waals surface area contributed by atoms with Crippen molar-refractivity contribution in [2.24, 2.45) is 0 Å². The van der Waals surface area contributed by atoms with Crippen molar-refractivity contribution in [3.05, 3.63) is 192 Å². The molecule has 12 radical (unpaired) electrons. The molecule has 4 aromatic heterocycles. The van der Waals surface area contributed by atoms with E-state index >= 15 is 0 Å².